The number of nitrogen functional groups attached to an aromatic ring is 1. The van der Waals surface area contributed by atoms with E-state index >= 15 is 0 Å². The third kappa shape index (κ3) is 3.54. The molecule has 4 N–H and O–H groups in total. The highest BCUT2D eigenvalue weighted by Gasteiger charge is 2.24. The Morgan fingerprint density at radius 1 is 1.26 bits per heavy atom. The van der Waals surface area contributed by atoms with Crippen LogP contribution < -0.4 is 21.6 Å². The number of aromatic amines is 1. The summed E-state index contributed by atoms with van der Waals surface area (Å²) in [5.41, 5.74) is 8.79. The number of fused-ring (bicyclic) bond motifs is 1. The SMILES string of the molecule is COc1cc(NOC(=O)C(C)(C)C)cc(-n2c(=O)[nH]c3c(N)ncnc32)c1. The molecule has 0 amide bonds. The van der Waals surface area contributed by atoms with Crippen LogP contribution in [0.2, 0.25) is 0 Å². The number of hydrogen-bond donors (Lipinski definition) is 3. The number of methoxy groups -OCH3 is 1. The van der Waals surface area contributed by atoms with Crippen molar-refractivity contribution in [2.75, 3.05) is 18.3 Å². The fourth-order valence-electron chi connectivity index (χ4n) is 2.33. The average Bonchev–Trinajstić information content (AvgIpc) is 2.96. The number of imidazole rings is 1. The molecule has 3 aromatic rings. The van der Waals surface area contributed by atoms with Gasteiger partial charge < -0.3 is 20.3 Å². The number of carbonyl (C=O) groups excluding carboxylic acids is 1. The molecule has 1 aromatic carbocycles. The number of benzene rings is 1. The first-order chi connectivity index (χ1) is 12.7. The van der Waals surface area contributed by atoms with Crippen molar-refractivity contribution in [2.24, 2.45) is 5.41 Å². The van der Waals surface area contributed by atoms with Gasteiger partial charge in [-0.2, -0.15) is 0 Å². The van der Waals surface area contributed by atoms with E-state index in [1.807, 2.05) is 0 Å². The van der Waals surface area contributed by atoms with Crippen molar-refractivity contribution >= 4 is 28.6 Å². The van der Waals surface area contributed by atoms with Gasteiger partial charge in [0.1, 0.15) is 17.6 Å². The summed E-state index contributed by atoms with van der Waals surface area (Å²) in [5, 5.41) is 0. The third-order valence-electron chi connectivity index (χ3n) is 3.76. The number of nitrogens with one attached hydrogen (secondary N) is 2. The van der Waals surface area contributed by atoms with Gasteiger partial charge in [-0.15, -0.1) is 0 Å². The number of anilines is 2. The van der Waals surface area contributed by atoms with Crippen LogP contribution in [-0.4, -0.2) is 32.6 Å². The van der Waals surface area contributed by atoms with Crippen LogP contribution in [0.25, 0.3) is 16.9 Å². The van der Waals surface area contributed by atoms with Crippen molar-refractivity contribution in [3.63, 3.8) is 0 Å². The zero-order chi connectivity index (χ0) is 19.8. The summed E-state index contributed by atoms with van der Waals surface area (Å²) in [6, 6.07) is 4.89. The fourth-order valence-corrected chi connectivity index (χ4v) is 2.33. The molecule has 0 saturated heterocycles. The van der Waals surface area contributed by atoms with E-state index < -0.39 is 17.1 Å². The lowest BCUT2D eigenvalue weighted by Gasteiger charge is -2.17. The van der Waals surface area contributed by atoms with Gasteiger partial charge in [0.2, 0.25) is 0 Å². The first-order valence-electron chi connectivity index (χ1n) is 8.08. The molecular formula is C17H20N6O4. The summed E-state index contributed by atoms with van der Waals surface area (Å²) in [7, 11) is 1.49. The van der Waals surface area contributed by atoms with Gasteiger partial charge in [0.05, 0.1) is 23.9 Å². The van der Waals surface area contributed by atoms with E-state index in [1.165, 1.54) is 18.0 Å². The van der Waals surface area contributed by atoms with E-state index in [4.69, 9.17) is 15.3 Å². The number of hydrogen-bond acceptors (Lipinski definition) is 8. The van der Waals surface area contributed by atoms with E-state index in [0.717, 1.165) is 0 Å². The molecule has 10 heteroatoms. The molecule has 0 aliphatic carbocycles. The van der Waals surface area contributed by atoms with E-state index in [9.17, 15) is 9.59 Å². The van der Waals surface area contributed by atoms with Crippen LogP contribution in [0.1, 0.15) is 20.8 Å². The normalized spacial score (nSPS) is 11.4. The molecule has 10 nitrogen and oxygen atoms in total. The Balaban J connectivity index is 2.05. The summed E-state index contributed by atoms with van der Waals surface area (Å²) in [5.74, 6) is 0.179. The predicted octanol–water partition coefficient (Wildman–Crippen LogP) is 1.62. The topological polar surface area (TPSA) is 137 Å². The molecule has 0 atom stereocenters. The second kappa shape index (κ2) is 6.63. The summed E-state index contributed by atoms with van der Waals surface area (Å²) in [6.07, 6.45) is 1.27. The maximum atomic E-state index is 12.4. The molecule has 0 unspecified atom stereocenters. The van der Waals surface area contributed by atoms with Crippen molar-refractivity contribution in [3.05, 3.63) is 35.0 Å². The van der Waals surface area contributed by atoms with Gasteiger partial charge in [0.25, 0.3) is 0 Å². The fraction of sp³-hybridized carbons (Fsp3) is 0.294. The van der Waals surface area contributed by atoms with Gasteiger partial charge in [-0.1, -0.05) is 0 Å². The molecular weight excluding hydrogens is 352 g/mol. The molecule has 2 aromatic heterocycles. The minimum Gasteiger partial charge on any atom is -0.497 e. The third-order valence-corrected chi connectivity index (χ3v) is 3.76. The molecule has 0 radical (unpaired) electrons. The van der Waals surface area contributed by atoms with Gasteiger partial charge in [-0.05, 0) is 26.8 Å². The lowest BCUT2D eigenvalue weighted by molar-refractivity contribution is -0.149. The van der Waals surface area contributed by atoms with E-state index in [2.05, 4.69) is 20.4 Å². The summed E-state index contributed by atoms with van der Waals surface area (Å²) in [6.45, 7) is 5.22. The highest BCUT2D eigenvalue weighted by atomic mass is 16.7. The number of ether oxygens (including phenoxy) is 1. The van der Waals surface area contributed by atoms with Gasteiger partial charge in [-0.3, -0.25) is 0 Å². The second-order valence-corrected chi connectivity index (χ2v) is 6.88. The van der Waals surface area contributed by atoms with Gasteiger partial charge in [0.15, 0.2) is 11.5 Å². The number of nitrogens with two attached hydrogens (primary N) is 1. The molecule has 0 aliphatic heterocycles. The molecule has 0 spiro atoms. The van der Waals surface area contributed by atoms with Crippen LogP contribution in [0.4, 0.5) is 11.5 Å². The zero-order valence-corrected chi connectivity index (χ0v) is 15.4. The Kier molecular flexibility index (Phi) is 4.48. The van der Waals surface area contributed by atoms with Gasteiger partial charge in [0, 0.05) is 12.1 Å². The standard InChI is InChI=1S/C17H20N6O4/c1-17(2,3)15(24)27-22-9-5-10(7-11(6-9)26-4)23-14-12(21-16(23)25)13(18)19-8-20-14/h5-8,22H,1-4H3,(H,21,25)(H2,18,19,20). The zero-order valence-electron chi connectivity index (χ0n) is 15.4. The molecule has 142 valence electrons. The van der Waals surface area contributed by atoms with Gasteiger partial charge in [-0.25, -0.2) is 29.6 Å². The first-order valence-corrected chi connectivity index (χ1v) is 8.08. The molecule has 2 heterocycles. The van der Waals surface area contributed by atoms with Crippen molar-refractivity contribution in [2.45, 2.75) is 20.8 Å². The van der Waals surface area contributed by atoms with Crippen LogP contribution >= 0.6 is 0 Å². The summed E-state index contributed by atoms with van der Waals surface area (Å²) < 4.78 is 6.61. The molecule has 0 aliphatic rings. The second-order valence-electron chi connectivity index (χ2n) is 6.88. The summed E-state index contributed by atoms with van der Waals surface area (Å²) in [4.78, 5) is 40.1. The number of carbonyl (C=O) groups is 1. The predicted molar refractivity (Wildman–Crippen MR) is 99.6 cm³/mol. The largest absolute Gasteiger partial charge is 0.497 e. The molecule has 0 fully saturated rings. The Bertz CT molecular complexity index is 1060. The molecule has 27 heavy (non-hydrogen) atoms. The van der Waals surface area contributed by atoms with E-state index in [-0.39, 0.29) is 5.82 Å². The highest BCUT2D eigenvalue weighted by Crippen LogP contribution is 2.26. The smallest absolute Gasteiger partial charge is 0.337 e. The quantitative estimate of drug-likeness (QED) is 0.588. The Labute approximate surface area is 154 Å². The number of rotatable bonds is 4. The minimum atomic E-state index is -0.670. The summed E-state index contributed by atoms with van der Waals surface area (Å²) >= 11 is 0. The Hall–Kier alpha value is -3.56. The number of nitrogens with zero attached hydrogens (tertiary/aromatic N) is 3. The number of aromatic nitrogens is 4. The first kappa shape index (κ1) is 18.2. The van der Waals surface area contributed by atoms with E-state index in [1.54, 1.807) is 39.0 Å². The Morgan fingerprint density at radius 2 is 2.00 bits per heavy atom. The maximum Gasteiger partial charge on any atom is 0.337 e. The van der Waals surface area contributed by atoms with Crippen LogP contribution in [0.5, 0.6) is 5.75 Å². The number of H-pyrrole nitrogens is 1. The molecule has 0 bridgehead atoms. The molecule has 0 saturated carbocycles. The van der Waals surface area contributed by atoms with Crippen LogP contribution in [0.15, 0.2) is 29.3 Å². The average molecular weight is 372 g/mol. The van der Waals surface area contributed by atoms with E-state index in [0.29, 0.717) is 28.3 Å². The lowest BCUT2D eigenvalue weighted by Crippen LogP contribution is -2.25. The highest BCUT2D eigenvalue weighted by molar-refractivity contribution is 5.82. The van der Waals surface area contributed by atoms with Crippen LogP contribution in [0, 0.1) is 5.41 Å². The monoisotopic (exact) mass is 372 g/mol. The lowest BCUT2D eigenvalue weighted by atomic mass is 9.98. The van der Waals surface area contributed by atoms with Crippen molar-refractivity contribution in [1.82, 2.24) is 19.5 Å². The van der Waals surface area contributed by atoms with Crippen LogP contribution in [0.3, 0.4) is 0 Å². The minimum absolute atomic E-state index is 0.163. The molecule has 3 rings (SSSR count). The maximum absolute atomic E-state index is 12.4. The Morgan fingerprint density at radius 3 is 2.67 bits per heavy atom. The van der Waals surface area contributed by atoms with Crippen LogP contribution in [-0.2, 0) is 9.63 Å². The van der Waals surface area contributed by atoms with Crippen molar-refractivity contribution < 1.29 is 14.4 Å². The van der Waals surface area contributed by atoms with Crippen molar-refractivity contribution in [3.8, 4) is 11.4 Å². The van der Waals surface area contributed by atoms with Crippen molar-refractivity contribution in [1.29, 1.82) is 0 Å². The van der Waals surface area contributed by atoms with Gasteiger partial charge >= 0.3 is 11.7 Å².